The molecule has 0 spiro atoms. The Labute approximate surface area is 191 Å². The third kappa shape index (κ3) is 4.41. The van der Waals surface area contributed by atoms with Crippen LogP contribution in [-0.2, 0) is 6.18 Å². The van der Waals surface area contributed by atoms with Gasteiger partial charge in [-0.2, -0.15) is 22.8 Å². The second-order valence-corrected chi connectivity index (χ2v) is 8.05. The van der Waals surface area contributed by atoms with Gasteiger partial charge >= 0.3 is 11.9 Å². The Morgan fingerprint density at radius 3 is 2.71 bits per heavy atom. The van der Waals surface area contributed by atoms with E-state index in [1.165, 1.54) is 16.9 Å². The van der Waals surface area contributed by atoms with Gasteiger partial charge < -0.3 is 14.5 Å². The van der Waals surface area contributed by atoms with Gasteiger partial charge in [0.15, 0.2) is 11.4 Å². The molecule has 2 N–H and O–H groups in total. The van der Waals surface area contributed by atoms with Crippen LogP contribution in [0.4, 0.5) is 30.6 Å². The molecule has 2 heterocycles. The van der Waals surface area contributed by atoms with E-state index < -0.39 is 17.5 Å². The van der Waals surface area contributed by atoms with Gasteiger partial charge in [0.1, 0.15) is 11.3 Å². The molecule has 176 valence electrons. The second-order valence-electron chi connectivity index (χ2n) is 8.05. The van der Waals surface area contributed by atoms with Crippen molar-refractivity contribution in [1.82, 2.24) is 14.6 Å². The van der Waals surface area contributed by atoms with Crippen LogP contribution in [0.5, 0.6) is 5.75 Å². The molecule has 1 aliphatic carbocycles. The normalized spacial score (nSPS) is 14.1. The van der Waals surface area contributed by atoms with E-state index in [2.05, 4.69) is 20.7 Å². The van der Waals surface area contributed by atoms with E-state index in [4.69, 9.17) is 9.15 Å². The third-order valence-electron chi connectivity index (χ3n) is 5.52. The maximum absolute atomic E-state index is 13.4. The molecule has 8 nitrogen and oxygen atoms in total. The molecule has 0 amide bonds. The molecule has 2 aromatic heterocycles. The smallest absolute Gasteiger partial charge is 0.439 e. The molecule has 2 aromatic carbocycles. The van der Waals surface area contributed by atoms with E-state index in [1.807, 2.05) is 0 Å². The van der Waals surface area contributed by atoms with Gasteiger partial charge in [0.25, 0.3) is 0 Å². The van der Waals surface area contributed by atoms with Gasteiger partial charge in [0.05, 0.1) is 11.7 Å². The van der Waals surface area contributed by atoms with Crippen LogP contribution in [0.15, 0.2) is 57.9 Å². The van der Waals surface area contributed by atoms with E-state index in [-0.39, 0.29) is 29.3 Å². The molecule has 0 bridgehead atoms. The standard InChI is InChI=1S/C23H20F3N5O3/c1-13-12-27-21(29-20(13)30-31-18-7-2-3-8-19(18)34-22(31)32)28-15-9-14(23(24,25)26)10-17(11-15)33-16-5-4-6-16/h2-3,7-12,16H,4-6H2,1H3,(H2,27,28,29,30). The fourth-order valence-electron chi connectivity index (χ4n) is 3.51. The summed E-state index contributed by atoms with van der Waals surface area (Å²) in [6, 6.07) is 10.3. The number of para-hydroxylation sites is 2. The van der Waals surface area contributed by atoms with Gasteiger partial charge in [-0.25, -0.2) is 9.78 Å². The summed E-state index contributed by atoms with van der Waals surface area (Å²) in [5.41, 5.74) is 3.70. The van der Waals surface area contributed by atoms with E-state index in [0.717, 1.165) is 31.4 Å². The second kappa shape index (κ2) is 8.40. The lowest BCUT2D eigenvalue weighted by molar-refractivity contribution is -0.137. The van der Waals surface area contributed by atoms with Crippen molar-refractivity contribution in [3.8, 4) is 5.75 Å². The molecule has 0 radical (unpaired) electrons. The molecule has 1 saturated carbocycles. The van der Waals surface area contributed by atoms with Crippen LogP contribution in [0.1, 0.15) is 30.4 Å². The van der Waals surface area contributed by atoms with Crippen molar-refractivity contribution >= 4 is 28.6 Å². The predicted octanol–water partition coefficient (Wildman–Crippen LogP) is 5.26. The van der Waals surface area contributed by atoms with Gasteiger partial charge in [-0.15, -0.1) is 0 Å². The summed E-state index contributed by atoms with van der Waals surface area (Å²) in [6.07, 6.45) is -0.499. The maximum atomic E-state index is 13.4. The number of oxazole rings is 1. The quantitative estimate of drug-likeness (QED) is 0.396. The van der Waals surface area contributed by atoms with Gasteiger partial charge in [-0.3, -0.25) is 5.43 Å². The van der Waals surface area contributed by atoms with Crippen molar-refractivity contribution < 1.29 is 22.3 Å². The number of nitrogens with one attached hydrogen (secondary N) is 2. The minimum atomic E-state index is -4.54. The number of aryl methyl sites for hydroxylation is 1. The molecule has 1 aliphatic rings. The highest BCUT2D eigenvalue weighted by Gasteiger charge is 2.32. The van der Waals surface area contributed by atoms with Crippen LogP contribution >= 0.6 is 0 Å². The minimum Gasteiger partial charge on any atom is -0.490 e. The van der Waals surface area contributed by atoms with Crippen LogP contribution in [0, 0.1) is 6.92 Å². The summed E-state index contributed by atoms with van der Waals surface area (Å²) in [5, 5.41) is 2.81. The molecule has 0 aliphatic heterocycles. The van der Waals surface area contributed by atoms with Gasteiger partial charge in [0.2, 0.25) is 5.95 Å². The zero-order valence-electron chi connectivity index (χ0n) is 18.0. The van der Waals surface area contributed by atoms with E-state index >= 15 is 0 Å². The van der Waals surface area contributed by atoms with Crippen molar-refractivity contribution in [2.24, 2.45) is 0 Å². The monoisotopic (exact) mass is 471 g/mol. The molecule has 0 saturated heterocycles. The number of fused-ring (bicyclic) bond motifs is 1. The van der Waals surface area contributed by atoms with Crippen LogP contribution < -0.4 is 21.2 Å². The van der Waals surface area contributed by atoms with E-state index in [9.17, 15) is 18.0 Å². The average molecular weight is 471 g/mol. The number of benzene rings is 2. The van der Waals surface area contributed by atoms with Crippen molar-refractivity contribution in [1.29, 1.82) is 0 Å². The zero-order chi connectivity index (χ0) is 23.9. The summed E-state index contributed by atoms with van der Waals surface area (Å²) >= 11 is 0. The molecule has 4 aromatic rings. The summed E-state index contributed by atoms with van der Waals surface area (Å²) in [4.78, 5) is 20.8. The first kappa shape index (κ1) is 21.8. The first-order valence-corrected chi connectivity index (χ1v) is 10.6. The topological polar surface area (TPSA) is 94.2 Å². The Morgan fingerprint density at radius 1 is 1.18 bits per heavy atom. The lowest BCUT2D eigenvalue weighted by Gasteiger charge is -2.27. The first-order chi connectivity index (χ1) is 16.3. The lowest BCUT2D eigenvalue weighted by Crippen LogP contribution is -2.24. The molecule has 34 heavy (non-hydrogen) atoms. The van der Waals surface area contributed by atoms with E-state index in [0.29, 0.717) is 16.7 Å². The number of aromatic nitrogens is 3. The van der Waals surface area contributed by atoms with Crippen LogP contribution in [0.3, 0.4) is 0 Å². The van der Waals surface area contributed by atoms with Crippen molar-refractivity contribution in [2.75, 3.05) is 10.7 Å². The lowest BCUT2D eigenvalue weighted by atomic mass is 9.96. The number of alkyl halides is 3. The number of nitrogens with zero attached hydrogens (tertiary/aromatic N) is 3. The summed E-state index contributed by atoms with van der Waals surface area (Å²) in [6.45, 7) is 1.73. The highest BCUT2D eigenvalue weighted by atomic mass is 19.4. The van der Waals surface area contributed by atoms with Crippen LogP contribution in [-0.4, -0.2) is 20.7 Å². The average Bonchev–Trinajstić information content (AvgIpc) is 3.07. The number of rotatable bonds is 6. The fraction of sp³-hybridized carbons (Fsp3) is 0.261. The highest BCUT2D eigenvalue weighted by molar-refractivity contribution is 5.73. The van der Waals surface area contributed by atoms with Crippen molar-refractivity contribution in [3.05, 3.63) is 70.3 Å². The first-order valence-electron chi connectivity index (χ1n) is 10.6. The van der Waals surface area contributed by atoms with Crippen molar-refractivity contribution in [3.63, 3.8) is 0 Å². The van der Waals surface area contributed by atoms with Gasteiger partial charge in [-0.1, -0.05) is 12.1 Å². The fourth-order valence-corrected chi connectivity index (χ4v) is 3.51. The molecular weight excluding hydrogens is 451 g/mol. The Balaban J connectivity index is 1.45. The van der Waals surface area contributed by atoms with Crippen LogP contribution in [0.25, 0.3) is 11.1 Å². The van der Waals surface area contributed by atoms with Gasteiger partial charge in [0, 0.05) is 23.5 Å². The van der Waals surface area contributed by atoms with E-state index in [1.54, 1.807) is 31.2 Å². The summed E-state index contributed by atoms with van der Waals surface area (Å²) in [7, 11) is 0. The molecule has 0 atom stereocenters. The molecule has 5 rings (SSSR count). The number of hydrogen-bond donors (Lipinski definition) is 2. The number of hydrogen-bond acceptors (Lipinski definition) is 7. The zero-order valence-corrected chi connectivity index (χ0v) is 18.0. The largest absolute Gasteiger partial charge is 0.490 e. The summed E-state index contributed by atoms with van der Waals surface area (Å²) in [5.74, 6) is -0.180. The predicted molar refractivity (Wildman–Crippen MR) is 119 cm³/mol. The number of anilines is 3. The van der Waals surface area contributed by atoms with Crippen molar-refractivity contribution in [2.45, 2.75) is 38.5 Å². The SMILES string of the molecule is Cc1cnc(Nc2cc(OC3CCC3)cc(C(F)(F)F)c2)nc1Nn1c(=O)oc2ccccc21. The highest BCUT2D eigenvalue weighted by Crippen LogP contribution is 2.36. The Morgan fingerprint density at radius 2 is 1.97 bits per heavy atom. The molecule has 0 unspecified atom stereocenters. The Kier molecular flexibility index (Phi) is 5.39. The minimum absolute atomic E-state index is 0.0443. The molecule has 11 heteroatoms. The number of halogens is 3. The van der Waals surface area contributed by atoms with Crippen LogP contribution in [0.2, 0.25) is 0 Å². The summed E-state index contributed by atoms with van der Waals surface area (Å²) < 4.78 is 52.4. The molecule has 1 fully saturated rings. The Hall–Kier alpha value is -4.02. The Bertz CT molecular complexity index is 1410. The maximum Gasteiger partial charge on any atom is 0.439 e. The third-order valence-corrected chi connectivity index (χ3v) is 5.52. The molecular formula is C23H20F3N5O3. The number of ether oxygens (including phenoxy) is 1. The van der Waals surface area contributed by atoms with Gasteiger partial charge in [-0.05, 0) is 50.5 Å².